The van der Waals surface area contributed by atoms with Crippen molar-refractivity contribution < 1.29 is 19.7 Å². The third-order valence-electron chi connectivity index (χ3n) is 28.7. The molecule has 12 aromatic rings. The van der Waals surface area contributed by atoms with E-state index in [-0.39, 0.29) is 42.4 Å². The largest absolute Gasteiger partial charge is 0.354 e. The molecule has 4 N–H and O–H groups in total. The fourth-order valence-electron chi connectivity index (χ4n) is 22.5. The maximum Gasteiger partial charge on any atom is 0.269 e. The Morgan fingerprint density at radius 1 is 0.248 bits per heavy atom. The average molecular weight is 1900 g/mol. The molecule has 5 aliphatic rings. The Hall–Kier alpha value is -12.9. The van der Waals surface area contributed by atoms with Crippen molar-refractivity contribution in [2.45, 2.75) is 233 Å². The molecule has 678 valence electrons. The molecule has 22 heteroatoms. The molecule has 0 radical (unpaired) electrons. The molecule has 10 heterocycles. The number of allylic oxidation sites excluding steroid dienone is 8. The number of benzene rings is 6. The minimum absolute atomic E-state index is 0.0224. The van der Waals surface area contributed by atoms with Gasteiger partial charge in [-0.2, -0.15) is 0 Å². The van der Waals surface area contributed by atoms with Crippen LogP contribution < -0.4 is 0 Å². The number of fused-ring (bicyclic) bond motifs is 19. The number of non-ortho nitro benzene ring substituents is 4. The lowest BCUT2D eigenvalue weighted by Crippen LogP contribution is -2.15. The van der Waals surface area contributed by atoms with Gasteiger partial charge in [-0.05, 0) is 340 Å². The quantitative estimate of drug-likeness (QED) is 0.0291. The summed E-state index contributed by atoms with van der Waals surface area (Å²) in [5, 5.41) is 50.7. The molecule has 0 atom stereocenters. The summed E-state index contributed by atoms with van der Waals surface area (Å²) in [6.07, 6.45) is 10.0. The molecule has 0 saturated carbocycles. The van der Waals surface area contributed by atoms with Crippen molar-refractivity contribution in [1.29, 1.82) is 0 Å². The van der Waals surface area contributed by atoms with Crippen molar-refractivity contribution >= 4 is 143 Å². The van der Waals surface area contributed by atoms with Gasteiger partial charge in [0.05, 0.1) is 118 Å². The Balaban J connectivity index is 1.02. The Morgan fingerprint density at radius 3 is 0.617 bits per heavy atom. The van der Waals surface area contributed by atoms with Crippen LogP contribution in [-0.2, 0) is 56.8 Å². The van der Waals surface area contributed by atoms with E-state index in [0.29, 0.717) is 103 Å². The third-order valence-corrected chi connectivity index (χ3v) is 30.2. The van der Waals surface area contributed by atoms with Gasteiger partial charge in [0.25, 0.3) is 22.7 Å². The molecule has 0 amide bonds. The summed E-state index contributed by atoms with van der Waals surface area (Å²) in [6, 6.07) is 41.7. The fourth-order valence-corrected chi connectivity index (χ4v) is 23.9. The predicted molar refractivity (Wildman–Crippen MR) is 552 cm³/mol. The first-order chi connectivity index (χ1) is 64.2. The standard InChI is InChI=1S/C111H112Br2N12O8/c1-19-67-71(23-5)103-91(104-72(24-6)68(20-2)96(115-104)88(58-37-47-64(48-38-58)123(128)129)100-76(28-10)80(32-14)108(119-100)93(112)107-79(31-13)75(27-9)99(118-107)87(95(67)114-103)57-35-45-63(46-36-57)122(126)127)61-43-53-83-84-54-44-62(56-86(84)111(17,18)85(83)55-61)92-105-73(25-7)69(21-3)97(116-105)89(59-39-49-65(50-40-59)124(130)131)101-77(29-11)81(33-15)109(120-101)94(113)110-82(34-16)78(30-12)102(121-110)90(60-41-51-66(52-42-60)125(132)133)98-70(22-4)74(26-8)106(92)117-98/h35-56,114,116,119,121H,19-34H2,1-18H3. The highest BCUT2D eigenvalue weighted by molar-refractivity contribution is 9.11. The molecule has 6 aromatic heterocycles. The minimum Gasteiger partial charge on any atom is -0.354 e. The van der Waals surface area contributed by atoms with Crippen LogP contribution in [0.4, 0.5) is 22.7 Å². The summed E-state index contributed by atoms with van der Waals surface area (Å²) >= 11 is 8.57. The summed E-state index contributed by atoms with van der Waals surface area (Å²) < 4.78 is 1.60. The number of rotatable bonds is 26. The lowest BCUT2D eigenvalue weighted by atomic mass is 9.80. The van der Waals surface area contributed by atoms with Gasteiger partial charge in [0.2, 0.25) is 0 Å². The zero-order valence-corrected chi connectivity index (χ0v) is 82.3. The normalized spacial score (nSPS) is 13.5. The van der Waals surface area contributed by atoms with E-state index in [0.717, 1.165) is 277 Å². The van der Waals surface area contributed by atoms with Crippen LogP contribution in [0.1, 0.15) is 277 Å². The smallest absolute Gasteiger partial charge is 0.269 e. The number of halogens is 2. The second-order valence-electron chi connectivity index (χ2n) is 35.3. The number of aromatic amines is 4. The Labute approximate surface area is 792 Å². The predicted octanol–water partition coefficient (Wildman–Crippen LogP) is 31.8. The van der Waals surface area contributed by atoms with Gasteiger partial charge in [-0.1, -0.05) is 149 Å². The van der Waals surface area contributed by atoms with Crippen molar-refractivity contribution in [1.82, 2.24) is 39.9 Å². The molecule has 0 spiro atoms. The van der Waals surface area contributed by atoms with Crippen LogP contribution in [0.2, 0.25) is 0 Å². The van der Waals surface area contributed by atoms with Crippen LogP contribution in [0.25, 0.3) is 167 Å². The van der Waals surface area contributed by atoms with Gasteiger partial charge in [0.1, 0.15) is 0 Å². The summed E-state index contributed by atoms with van der Waals surface area (Å²) in [5.41, 5.74) is 44.3. The third kappa shape index (κ3) is 14.7. The Kier molecular flexibility index (Phi) is 25.3. The van der Waals surface area contributed by atoms with Crippen molar-refractivity contribution in [3.63, 3.8) is 0 Å². The van der Waals surface area contributed by atoms with Crippen LogP contribution >= 0.6 is 31.9 Å². The van der Waals surface area contributed by atoms with E-state index in [1.165, 1.54) is 0 Å². The van der Waals surface area contributed by atoms with Crippen LogP contribution in [-0.4, -0.2) is 59.6 Å². The Bertz CT molecular complexity index is 6930. The van der Waals surface area contributed by atoms with Crippen molar-refractivity contribution in [2.24, 2.45) is 0 Å². The molecule has 6 aromatic carbocycles. The van der Waals surface area contributed by atoms with E-state index in [1.54, 1.807) is 48.5 Å². The van der Waals surface area contributed by atoms with Crippen LogP contribution in [0, 0.1) is 40.5 Å². The second kappa shape index (κ2) is 36.6. The van der Waals surface area contributed by atoms with Gasteiger partial charge >= 0.3 is 0 Å². The van der Waals surface area contributed by atoms with E-state index in [9.17, 15) is 40.5 Å². The molecule has 0 fully saturated rings. The zero-order valence-electron chi connectivity index (χ0n) is 79.1. The van der Waals surface area contributed by atoms with E-state index in [4.69, 9.17) is 19.9 Å². The van der Waals surface area contributed by atoms with Gasteiger partial charge in [0, 0.05) is 87.3 Å². The number of nitro groups is 4. The number of aryl methyl sites for hydroxylation is 8. The van der Waals surface area contributed by atoms with E-state index in [2.05, 4.69) is 213 Å². The maximum atomic E-state index is 12.7. The maximum absolute atomic E-state index is 12.7. The SMILES string of the molecule is CCC1=C(CC)c2nc1c(Br)c1[nH]c(c(CC)c1CC)c(-c1ccc([N+](=O)[O-])cc1)c1nc(c(-c3ccc4c(c3)C(C)(C)c3cc(-c5c6nc(c(-c7ccc([N+](=O)[O-])cc7)c7[nH]c(c(Br)c8nc(c(-c9ccc([N+](=O)[O-])cc9)c9[nH]c5c(CC)c9CC)C(CC)=C8CC)c(CC)c7CC)C(CC)=C6CC)ccc3-4)c3[nH]c(c(CC)c3CC)c2-c2ccc([N+](=O)[O-])cc2)C(CC)=C1CC. The summed E-state index contributed by atoms with van der Waals surface area (Å²) in [7, 11) is 0. The number of hydrogen-bond acceptors (Lipinski definition) is 12. The molecule has 4 aliphatic heterocycles. The minimum atomic E-state index is -0.709. The first-order valence-corrected chi connectivity index (χ1v) is 49.1. The highest BCUT2D eigenvalue weighted by Crippen LogP contribution is 2.57. The van der Waals surface area contributed by atoms with Crippen LogP contribution in [0.15, 0.2) is 142 Å². The van der Waals surface area contributed by atoms with Crippen molar-refractivity contribution in [3.8, 4) is 77.9 Å². The molecule has 16 bridgehead atoms. The van der Waals surface area contributed by atoms with E-state index < -0.39 is 5.41 Å². The molecule has 20 nitrogen and oxygen atoms in total. The van der Waals surface area contributed by atoms with E-state index in [1.807, 2.05) is 48.5 Å². The molecule has 0 unspecified atom stereocenters. The fraction of sp³-hybridized carbons (Fsp3) is 0.315. The van der Waals surface area contributed by atoms with Crippen molar-refractivity contribution in [2.75, 3.05) is 0 Å². The van der Waals surface area contributed by atoms with Crippen LogP contribution in [0.5, 0.6) is 0 Å². The van der Waals surface area contributed by atoms with Crippen molar-refractivity contribution in [3.05, 3.63) is 284 Å². The molecular weight excluding hydrogens is 1790 g/mol. The van der Waals surface area contributed by atoms with E-state index >= 15 is 0 Å². The van der Waals surface area contributed by atoms with Gasteiger partial charge in [0.15, 0.2) is 0 Å². The summed E-state index contributed by atoms with van der Waals surface area (Å²) in [5.74, 6) is 0. The molecule has 0 saturated heterocycles. The lowest BCUT2D eigenvalue weighted by Gasteiger charge is -2.23. The highest BCUT2D eigenvalue weighted by atomic mass is 79.9. The lowest BCUT2D eigenvalue weighted by molar-refractivity contribution is -0.385. The highest BCUT2D eigenvalue weighted by Gasteiger charge is 2.40. The second-order valence-corrected chi connectivity index (χ2v) is 36.9. The molecule has 17 rings (SSSR count). The Morgan fingerprint density at radius 2 is 0.421 bits per heavy atom. The number of nitro benzene ring substituents is 4. The summed E-state index contributed by atoms with van der Waals surface area (Å²) in [6.45, 7) is 39.8. The topological polar surface area (TPSA) is 287 Å². The van der Waals surface area contributed by atoms with Gasteiger partial charge in [-0.3, -0.25) is 40.5 Å². The number of H-pyrrole nitrogens is 4. The monoisotopic (exact) mass is 1900 g/mol. The number of hydrogen-bond donors (Lipinski definition) is 4. The zero-order chi connectivity index (χ0) is 94.5. The van der Waals surface area contributed by atoms with Gasteiger partial charge < -0.3 is 19.9 Å². The number of nitrogens with one attached hydrogen (secondary N) is 4. The average Bonchev–Trinajstić information content (AvgIpc) is 1.56. The molecular formula is C111H112Br2N12O8. The first-order valence-electron chi connectivity index (χ1n) is 47.5. The number of nitrogens with zero attached hydrogens (tertiary/aromatic N) is 8. The summed E-state index contributed by atoms with van der Waals surface area (Å²) in [4.78, 5) is 90.2. The number of aromatic nitrogens is 8. The van der Waals surface area contributed by atoms with Gasteiger partial charge in [-0.25, -0.2) is 19.9 Å². The molecule has 1 aliphatic carbocycles. The van der Waals surface area contributed by atoms with Crippen LogP contribution in [0.3, 0.4) is 0 Å². The first kappa shape index (κ1) is 92.0. The molecule has 133 heavy (non-hydrogen) atoms. The van der Waals surface area contributed by atoms with Gasteiger partial charge in [-0.15, -0.1) is 0 Å².